The average Bonchev–Trinajstić information content (AvgIpc) is 1.01. The van der Waals surface area contributed by atoms with Gasteiger partial charge in [-0.05, 0) is 198 Å². The first-order valence-electron chi connectivity index (χ1n) is 48.4. The second kappa shape index (κ2) is 40.1. The van der Waals surface area contributed by atoms with Gasteiger partial charge in [-0.25, -0.2) is 19.9 Å². The quantitative estimate of drug-likeness (QED) is 0.0355. The number of hydrogen-bond donors (Lipinski definition) is 0. The van der Waals surface area contributed by atoms with Crippen molar-refractivity contribution in [3.8, 4) is 92.3 Å². The van der Waals surface area contributed by atoms with E-state index in [1.807, 2.05) is 84.9 Å². The molecule has 4 spiro atoms. The molecular weight excluding hydrogens is 1750 g/mol. The van der Waals surface area contributed by atoms with Crippen LogP contribution in [-0.2, 0) is 44.6 Å². The molecule has 0 radical (unpaired) electrons. The number of fused-ring (bicyclic) bond motifs is 8. The Morgan fingerprint density at radius 3 is 1.02 bits per heavy atom. The van der Waals surface area contributed by atoms with Crippen molar-refractivity contribution >= 4 is 67.9 Å². The summed E-state index contributed by atoms with van der Waals surface area (Å²) in [7, 11) is 6.62. The summed E-state index contributed by atoms with van der Waals surface area (Å²) >= 11 is 0. The number of benzene rings is 6. The zero-order chi connectivity index (χ0) is 93.9. The molecule has 4 aliphatic carbocycles. The van der Waals surface area contributed by atoms with Gasteiger partial charge in [-0.15, -0.1) is 0 Å². The summed E-state index contributed by atoms with van der Waals surface area (Å²) in [6.45, 7) is 31.8. The van der Waals surface area contributed by atoms with Gasteiger partial charge >= 0.3 is 0 Å². The maximum atomic E-state index is 6.29. The van der Waals surface area contributed by atoms with E-state index in [0.29, 0.717) is 123 Å². The number of ether oxygens (including phenoxy) is 16. The van der Waals surface area contributed by atoms with Gasteiger partial charge in [0.1, 0.15) is 47.2 Å². The first-order chi connectivity index (χ1) is 67.4. The lowest BCUT2D eigenvalue weighted by Gasteiger charge is -2.55. The third kappa shape index (κ3) is 20.3. The van der Waals surface area contributed by atoms with Crippen LogP contribution in [0.15, 0.2) is 169 Å². The highest BCUT2D eigenvalue weighted by Crippen LogP contribution is 2.47. The molecular formula is C110H120N12O16. The van der Waals surface area contributed by atoms with Gasteiger partial charge in [0.05, 0.1) is 164 Å². The van der Waals surface area contributed by atoms with Gasteiger partial charge in [0, 0.05) is 147 Å². The highest BCUT2D eigenvalue weighted by atomic mass is 16.5. The SMILES string of the molecule is COc1cc2c(Oc3ccc4c(c3)C=C(C)C4)ccnc2cc1OCCCN1CC2(COC2)C1.COc1cc2c(Oc3ccc4c(c3)C=C(C)C4)ncnc2cc1OCCCN1CC2(COC2)C1.COc1cc2c(Oc3cnc4c(c3)C=C(C)C4)ccnc2cc1OCCCN1CCC2(COC2)C1.COc1cc2c(Oc3cnc4c(c3)C=C(C)C4)ncnc2cc1OCCCN1CCC2(COC2)C1. The molecule has 8 aliphatic heterocycles. The fourth-order valence-corrected chi connectivity index (χ4v) is 21.0. The minimum Gasteiger partial charge on any atom is -0.493 e. The van der Waals surface area contributed by atoms with Crippen LogP contribution < -0.4 is 56.8 Å². The molecule has 12 aliphatic rings. The van der Waals surface area contributed by atoms with Crippen molar-refractivity contribution in [1.29, 1.82) is 0 Å². The highest BCUT2D eigenvalue weighted by Gasteiger charge is 2.50. The number of allylic oxidation sites excluding steroid dienone is 4. The Bertz CT molecular complexity index is 6280. The Labute approximate surface area is 804 Å². The molecule has 716 valence electrons. The van der Waals surface area contributed by atoms with Crippen molar-refractivity contribution in [3.63, 3.8) is 0 Å². The summed E-state index contributed by atoms with van der Waals surface area (Å²) in [6.07, 6.45) is 29.0. The predicted molar refractivity (Wildman–Crippen MR) is 528 cm³/mol. The van der Waals surface area contributed by atoms with Crippen LogP contribution in [0.3, 0.4) is 0 Å². The zero-order valence-electron chi connectivity index (χ0n) is 80.1. The summed E-state index contributed by atoms with van der Waals surface area (Å²) in [5.41, 5.74) is 19.7. The number of methoxy groups -OCH3 is 4. The zero-order valence-corrected chi connectivity index (χ0v) is 80.1. The van der Waals surface area contributed by atoms with Gasteiger partial charge in [0.25, 0.3) is 0 Å². The monoisotopic (exact) mass is 1860 g/mol. The lowest BCUT2D eigenvalue weighted by molar-refractivity contribution is -0.189. The molecule has 0 unspecified atom stereocenters. The Hall–Kier alpha value is -12.6. The molecule has 0 saturated carbocycles. The van der Waals surface area contributed by atoms with Crippen LogP contribution >= 0.6 is 0 Å². The summed E-state index contributed by atoms with van der Waals surface area (Å²) < 4.78 is 93.4. The van der Waals surface area contributed by atoms with E-state index in [0.717, 1.165) is 266 Å². The lowest BCUT2D eigenvalue weighted by atomic mass is 9.78. The van der Waals surface area contributed by atoms with Crippen LogP contribution in [-0.4, -0.2) is 246 Å². The highest BCUT2D eigenvalue weighted by molar-refractivity contribution is 5.91. The van der Waals surface area contributed by atoms with Crippen LogP contribution in [0.2, 0.25) is 0 Å². The summed E-state index contributed by atoms with van der Waals surface area (Å²) in [5.74, 6) is 10.8. The molecule has 0 N–H and O–H groups in total. The van der Waals surface area contributed by atoms with E-state index < -0.39 is 0 Å². The van der Waals surface area contributed by atoms with E-state index in [-0.39, 0.29) is 0 Å². The second-order valence-electron chi connectivity index (χ2n) is 39.5. The van der Waals surface area contributed by atoms with Crippen molar-refractivity contribution in [3.05, 3.63) is 214 Å². The fraction of sp³-hybridized carbons (Fsp3) is 0.418. The molecule has 138 heavy (non-hydrogen) atoms. The standard InChI is InChI=1S/C28H31N3O4.C28H30N2O4.C27H30N4O4.C27H29N3O4/c1-19-10-20-12-21(15-30-23(20)11-19)35-25-4-6-29-24-14-27(26(32-2)13-22(24)25)34-9-3-7-31-8-5-28(16-31)17-33-18-28;1-19-10-20-4-5-22(12-21(20)11-19)34-25-6-7-29-24-14-27(26(31-2)13-23(24)25)33-9-3-8-30-15-28(16-30)17-32-18-28;1-18-8-19-10-20(13-28-22(19)9-18)35-26-21-11-24(32-2)25(12-23(21)29-17-30-26)34-7-3-5-31-6-4-27(14-31)15-33-16-27;1-18-8-19-4-5-21(10-20(19)9-18)34-26-22-11-24(31-2)25(12-23(22)28-17-29-26)33-7-3-6-30-13-27(14-30)15-32-16-27/h4,6,10,12-15H,3,5,7-9,11,16-18H2,1-2H3;4-7,11-14H,3,8-10,15-18H2,1-2H3;8,10-13,17H,3-7,9,14-16H2,1-2H3;4-5,9-12,17H,3,6-8,13-16H2,1-2H3. The number of pyridine rings is 4. The smallest absolute Gasteiger partial charge is 0.230 e. The molecule has 0 bridgehead atoms. The van der Waals surface area contributed by atoms with Crippen LogP contribution in [0.5, 0.6) is 92.3 Å². The minimum atomic E-state index is 0.424. The average molecular weight is 1870 g/mol. The third-order valence-corrected chi connectivity index (χ3v) is 28.3. The van der Waals surface area contributed by atoms with Crippen LogP contribution in [0.4, 0.5) is 0 Å². The lowest BCUT2D eigenvalue weighted by Crippen LogP contribution is -2.65. The van der Waals surface area contributed by atoms with Crippen molar-refractivity contribution in [2.75, 3.05) is 186 Å². The molecule has 0 amide bonds. The summed E-state index contributed by atoms with van der Waals surface area (Å²) in [4.78, 5) is 45.9. The molecule has 8 saturated heterocycles. The van der Waals surface area contributed by atoms with E-state index >= 15 is 0 Å². The number of likely N-dealkylation sites (tertiary alicyclic amines) is 4. The molecule has 0 atom stereocenters. The van der Waals surface area contributed by atoms with Crippen molar-refractivity contribution in [1.82, 2.24) is 59.5 Å². The van der Waals surface area contributed by atoms with Crippen LogP contribution in [0.25, 0.3) is 67.9 Å². The maximum Gasteiger partial charge on any atom is 0.230 e. The van der Waals surface area contributed by atoms with Gasteiger partial charge in [0.2, 0.25) is 11.8 Å². The second-order valence-corrected chi connectivity index (χ2v) is 39.5. The molecule has 8 fully saturated rings. The number of hydrogen-bond acceptors (Lipinski definition) is 28. The molecule has 14 heterocycles. The minimum absolute atomic E-state index is 0.424. The third-order valence-electron chi connectivity index (χ3n) is 28.3. The van der Waals surface area contributed by atoms with Crippen molar-refractivity contribution < 1.29 is 75.8 Å². The Balaban J connectivity index is 0.000000110. The molecule has 12 aromatic rings. The van der Waals surface area contributed by atoms with Gasteiger partial charge in [-0.1, -0.05) is 58.7 Å². The molecule has 6 aromatic heterocycles. The normalized spacial score (nSPS) is 18.3. The van der Waals surface area contributed by atoms with E-state index in [4.69, 9.17) is 75.8 Å². The Kier molecular flexibility index (Phi) is 26.6. The van der Waals surface area contributed by atoms with Gasteiger partial charge < -0.3 is 95.4 Å². The van der Waals surface area contributed by atoms with E-state index in [9.17, 15) is 0 Å². The number of nitrogens with zero attached hydrogens (tertiary/aromatic N) is 12. The molecule has 28 nitrogen and oxygen atoms in total. The van der Waals surface area contributed by atoms with Crippen LogP contribution in [0, 0.1) is 21.7 Å². The summed E-state index contributed by atoms with van der Waals surface area (Å²) in [5, 5.41) is 3.31. The first kappa shape index (κ1) is 91.8. The molecule has 24 rings (SSSR count). The largest absolute Gasteiger partial charge is 0.493 e. The van der Waals surface area contributed by atoms with E-state index in [1.165, 1.54) is 70.0 Å². The van der Waals surface area contributed by atoms with Gasteiger partial charge in [-0.2, -0.15) is 0 Å². The molecule has 6 aromatic carbocycles. The number of rotatable bonds is 32. The number of aromatic nitrogens is 8. The van der Waals surface area contributed by atoms with Crippen LogP contribution in [0.1, 0.15) is 111 Å². The molecule has 28 heteroatoms. The predicted octanol–water partition coefficient (Wildman–Crippen LogP) is 18.7. The van der Waals surface area contributed by atoms with Crippen molar-refractivity contribution in [2.45, 2.75) is 91.9 Å². The van der Waals surface area contributed by atoms with Gasteiger partial charge in [0.15, 0.2) is 46.0 Å². The Morgan fingerprint density at radius 2 is 0.638 bits per heavy atom. The fourth-order valence-electron chi connectivity index (χ4n) is 21.0. The summed E-state index contributed by atoms with van der Waals surface area (Å²) in [6, 6.07) is 35.6. The van der Waals surface area contributed by atoms with Crippen molar-refractivity contribution in [2.24, 2.45) is 21.7 Å². The van der Waals surface area contributed by atoms with E-state index in [1.54, 1.807) is 53.2 Å². The van der Waals surface area contributed by atoms with E-state index in [2.05, 4.69) is 136 Å². The topological polar surface area (TPSA) is 264 Å². The van der Waals surface area contributed by atoms with Gasteiger partial charge in [-0.3, -0.25) is 19.9 Å². The maximum absolute atomic E-state index is 6.29. The first-order valence-corrected chi connectivity index (χ1v) is 48.4. The Morgan fingerprint density at radius 1 is 0.304 bits per heavy atom.